The molecule has 0 aliphatic heterocycles. The molecule has 0 unspecified atom stereocenters. The number of carbonyl (C=O) groups is 1. The summed E-state index contributed by atoms with van der Waals surface area (Å²) in [5.74, 6) is 1.39. The number of halogens is 1. The number of carbonyl (C=O) groups excluding carboxylic acids is 1. The van der Waals surface area contributed by atoms with Gasteiger partial charge in [-0.05, 0) is 43.5 Å². The Kier molecular flexibility index (Phi) is 6.58. The lowest BCUT2D eigenvalue weighted by atomic mass is 10.1. The number of alkyl halides is 1. The van der Waals surface area contributed by atoms with E-state index in [1.807, 2.05) is 18.2 Å². The van der Waals surface area contributed by atoms with Gasteiger partial charge < -0.3 is 10.1 Å². The Morgan fingerprint density at radius 1 is 1.33 bits per heavy atom. The molecule has 100 valence electrons. The maximum Gasteiger partial charge on any atom is 0.220 e. The van der Waals surface area contributed by atoms with E-state index in [4.69, 9.17) is 16.3 Å². The van der Waals surface area contributed by atoms with E-state index in [0.29, 0.717) is 31.9 Å². The molecule has 0 bridgehead atoms. The van der Waals surface area contributed by atoms with Crippen LogP contribution in [0.4, 0.5) is 0 Å². The topological polar surface area (TPSA) is 38.3 Å². The number of hydrogen-bond acceptors (Lipinski definition) is 2. The minimum absolute atomic E-state index is 0.0272. The van der Waals surface area contributed by atoms with Crippen molar-refractivity contribution in [2.75, 3.05) is 19.0 Å². The Morgan fingerprint density at radius 3 is 2.78 bits per heavy atom. The summed E-state index contributed by atoms with van der Waals surface area (Å²) in [6.07, 6.45) is 1.19. The highest BCUT2D eigenvalue weighted by atomic mass is 35.5. The summed E-state index contributed by atoms with van der Waals surface area (Å²) in [4.78, 5) is 11.3. The van der Waals surface area contributed by atoms with Crippen LogP contribution in [0.1, 0.15) is 24.0 Å². The number of aryl methyl sites for hydroxylation is 2. The second-order valence-electron chi connectivity index (χ2n) is 4.24. The van der Waals surface area contributed by atoms with Crippen LogP contribution in [0.15, 0.2) is 18.2 Å². The van der Waals surface area contributed by atoms with Crippen LogP contribution in [-0.2, 0) is 4.79 Å². The lowest BCUT2D eigenvalue weighted by Crippen LogP contribution is -2.27. The third-order valence-corrected chi connectivity index (χ3v) is 2.98. The molecule has 0 aliphatic carbocycles. The van der Waals surface area contributed by atoms with Crippen LogP contribution >= 0.6 is 11.6 Å². The number of amides is 1. The van der Waals surface area contributed by atoms with Crippen molar-refractivity contribution >= 4 is 17.5 Å². The molecule has 4 heteroatoms. The van der Waals surface area contributed by atoms with E-state index in [0.717, 1.165) is 5.75 Å². The highest BCUT2D eigenvalue weighted by molar-refractivity contribution is 6.17. The molecule has 1 amide bonds. The number of ether oxygens (including phenoxy) is 1. The van der Waals surface area contributed by atoms with Gasteiger partial charge in [0, 0.05) is 12.3 Å². The Labute approximate surface area is 113 Å². The minimum atomic E-state index is 0.0272. The molecule has 0 heterocycles. The zero-order valence-corrected chi connectivity index (χ0v) is 11.7. The van der Waals surface area contributed by atoms with E-state index >= 15 is 0 Å². The van der Waals surface area contributed by atoms with Crippen LogP contribution in [-0.4, -0.2) is 24.9 Å². The van der Waals surface area contributed by atoms with E-state index in [2.05, 4.69) is 19.2 Å². The number of nitrogens with one attached hydrogen (secondary N) is 1. The Balaban J connectivity index is 2.21. The van der Waals surface area contributed by atoms with Gasteiger partial charge in [-0.1, -0.05) is 6.07 Å². The first-order chi connectivity index (χ1) is 8.63. The van der Waals surface area contributed by atoms with Crippen molar-refractivity contribution in [1.82, 2.24) is 5.32 Å². The van der Waals surface area contributed by atoms with Gasteiger partial charge in [-0.3, -0.25) is 4.79 Å². The highest BCUT2D eigenvalue weighted by Gasteiger charge is 2.00. The zero-order chi connectivity index (χ0) is 13.4. The molecule has 1 aromatic rings. The summed E-state index contributed by atoms with van der Waals surface area (Å²) in [5.41, 5.74) is 2.45. The van der Waals surface area contributed by atoms with E-state index in [-0.39, 0.29) is 5.91 Å². The molecule has 1 aromatic carbocycles. The summed E-state index contributed by atoms with van der Waals surface area (Å²) >= 11 is 5.51. The summed E-state index contributed by atoms with van der Waals surface area (Å²) in [5, 5.41) is 2.79. The first kappa shape index (κ1) is 14.8. The third kappa shape index (κ3) is 5.41. The Morgan fingerprint density at radius 2 is 2.11 bits per heavy atom. The molecule has 0 saturated carbocycles. The van der Waals surface area contributed by atoms with Gasteiger partial charge in [0.15, 0.2) is 0 Å². The quantitative estimate of drug-likeness (QED) is 0.611. The van der Waals surface area contributed by atoms with E-state index in [1.54, 1.807) is 0 Å². The van der Waals surface area contributed by atoms with Crippen LogP contribution < -0.4 is 10.1 Å². The van der Waals surface area contributed by atoms with Gasteiger partial charge >= 0.3 is 0 Å². The van der Waals surface area contributed by atoms with Gasteiger partial charge in [0.1, 0.15) is 12.4 Å². The standard InChI is InChI=1S/C14H20ClNO2/c1-11-5-6-13(10-12(11)2)18-9-8-16-14(17)4-3-7-15/h5-6,10H,3-4,7-9H2,1-2H3,(H,16,17). The fourth-order valence-electron chi connectivity index (χ4n) is 1.48. The van der Waals surface area contributed by atoms with Gasteiger partial charge in [-0.15, -0.1) is 11.6 Å². The second kappa shape index (κ2) is 7.98. The third-order valence-electron chi connectivity index (χ3n) is 2.71. The molecular formula is C14H20ClNO2. The molecule has 3 nitrogen and oxygen atoms in total. The predicted molar refractivity (Wildman–Crippen MR) is 74.4 cm³/mol. The highest BCUT2D eigenvalue weighted by Crippen LogP contribution is 2.15. The lowest BCUT2D eigenvalue weighted by Gasteiger charge is -2.09. The van der Waals surface area contributed by atoms with Gasteiger partial charge in [0.2, 0.25) is 5.91 Å². The van der Waals surface area contributed by atoms with Crippen molar-refractivity contribution < 1.29 is 9.53 Å². The molecule has 0 radical (unpaired) electrons. The van der Waals surface area contributed by atoms with Crippen molar-refractivity contribution in [1.29, 1.82) is 0 Å². The van der Waals surface area contributed by atoms with Crippen LogP contribution in [0.25, 0.3) is 0 Å². The first-order valence-corrected chi connectivity index (χ1v) is 6.69. The van der Waals surface area contributed by atoms with Crippen molar-refractivity contribution in [3.63, 3.8) is 0 Å². The summed E-state index contributed by atoms with van der Waals surface area (Å²) in [6.45, 7) is 5.12. The van der Waals surface area contributed by atoms with Gasteiger partial charge in [-0.25, -0.2) is 0 Å². The first-order valence-electron chi connectivity index (χ1n) is 6.16. The van der Waals surface area contributed by atoms with E-state index in [1.165, 1.54) is 11.1 Å². The maximum atomic E-state index is 11.3. The average molecular weight is 270 g/mol. The monoisotopic (exact) mass is 269 g/mol. The molecular weight excluding hydrogens is 250 g/mol. The van der Waals surface area contributed by atoms with E-state index in [9.17, 15) is 4.79 Å². The number of hydrogen-bond donors (Lipinski definition) is 1. The van der Waals surface area contributed by atoms with Crippen LogP contribution in [0.5, 0.6) is 5.75 Å². The van der Waals surface area contributed by atoms with Crippen LogP contribution in [0.2, 0.25) is 0 Å². The number of rotatable bonds is 7. The molecule has 0 aromatic heterocycles. The van der Waals surface area contributed by atoms with Gasteiger partial charge in [-0.2, -0.15) is 0 Å². The molecule has 0 spiro atoms. The average Bonchev–Trinajstić information content (AvgIpc) is 2.36. The second-order valence-corrected chi connectivity index (χ2v) is 4.61. The minimum Gasteiger partial charge on any atom is -0.492 e. The Hall–Kier alpha value is -1.22. The molecule has 1 N–H and O–H groups in total. The largest absolute Gasteiger partial charge is 0.492 e. The predicted octanol–water partition coefficient (Wildman–Crippen LogP) is 2.82. The van der Waals surface area contributed by atoms with Gasteiger partial charge in [0.25, 0.3) is 0 Å². The molecule has 0 fully saturated rings. The Bertz CT molecular complexity index is 393. The molecule has 0 atom stereocenters. The van der Waals surface area contributed by atoms with Crippen molar-refractivity contribution in [2.45, 2.75) is 26.7 Å². The molecule has 1 rings (SSSR count). The lowest BCUT2D eigenvalue weighted by molar-refractivity contribution is -0.121. The van der Waals surface area contributed by atoms with Crippen molar-refractivity contribution in [3.05, 3.63) is 29.3 Å². The van der Waals surface area contributed by atoms with Crippen LogP contribution in [0.3, 0.4) is 0 Å². The fourth-order valence-corrected chi connectivity index (χ4v) is 1.61. The smallest absolute Gasteiger partial charge is 0.220 e. The summed E-state index contributed by atoms with van der Waals surface area (Å²) in [7, 11) is 0. The zero-order valence-electron chi connectivity index (χ0n) is 11.0. The normalized spacial score (nSPS) is 10.2. The molecule has 0 saturated heterocycles. The van der Waals surface area contributed by atoms with Crippen molar-refractivity contribution in [2.24, 2.45) is 0 Å². The summed E-state index contributed by atoms with van der Waals surface area (Å²) < 4.78 is 5.56. The number of benzene rings is 1. The van der Waals surface area contributed by atoms with Crippen molar-refractivity contribution in [3.8, 4) is 5.75 Å². The van der Waals surface area contributed by atoms with Crippen LogP contribution in [0, 0.1) is 13.8 Å². The molecule has 0 aliphatic rings. The SMILES string of the molecule is Cc1ccc(OCCNC(=O)CCCCl)cc1C. The fraction of sp³-hybridized carbons (Fsp3) is 0.500. The maximum absolute atomic E-state index is 11.3. The molecule has 18 heavy (non-hydrogen) atoms. The van der Waals surface area contributed by atoms with E-state index < -0.39 is 0 Å². The van der Waals surface area contributed by atoms with Gasteiger partial charge in [0.05, 0.1) is 6.54 Å². The summed E-state index contributed by atoms with van der Waals surface area (Å²) in [6, 6.07) is 5.98.